The number of carbonyl (C=O) groups excluding carboxylic acids is 2. The number of rotatable bonds is 3. The summed E-state index contributed by atoms with van der Waals surface area (Å²) < 4.78 is 0.579. The van der Waals surface area contributed by atoms with E-state index in [0.29, 0.717) is 16.1 Å². The van der Waals surface area contributed by atoms with Crippen LogP contribution in [0.4, 0.5) is 10.5 Å². The zero-order valence-corrected chi connectivity index (χ0v) is 15.5. The topological polar surface area (TPSA) is 96.5 Å². The van der Waals surface area contributed by atoms with Gasteiger partial charge in [0.05, 0.1) is 11.7 Å². The summed E-state index contributed by atoms with van der Waals surface area (Å²) in [7, 11) is 0. The minimum atomic E-state index is -0.650. The standard InChI is InChI=1S/C15H16BrN5O3S/c16-14-19-12(9-25-14)13(22)20-24-15(23)21(10-3-6-17-7-4-10)11-2-1-5-18-8-11/h3-4,6-7,9,11,18H,1-2,5,8H2,(H,20,22). The molecule has 132 valence electrons. The summed E-state index contributed by atoms with van der Waals surface area (Å²) in [5.74, 6) is -0.577. The van der Waals surface area contributed by atoms with Crippen molar-refractivity contribution in [1.29, 1.82) is 0 Å². The first kappa shape index (κ1) is 17.8. The van der Waals surface area contributed by atoms with Gasteiger partial charge in [0.25, 0.3) is 0 Å². The number of piperidine rings is 1. The maximum Gasteiger partial charge on any atom is 0.438 e. The van der Waals surface area contributed by atoms with Crippen LogP contribution in [0.15, 0.2) is 33.8 Å². The lowest BCUT2D eigenvalue weighted by molar-refractivity contribution is 0.0582. The van der Waals surface area contributed by atoms with Crippen LogP contribution in [0.2, 0.25) is 0 Å². The number of amides is 2. The van der Waals surface area contributed by atoms with E-state index in [2.05, 4.69) is 36.7 Å². The molecule has 2 aromatic rings. The number of halogens is 1. The van der Waals surface area contributed by atoms with Crippen LogP contribution in [0.5, 0.6) is 0 Å². The lowest BCUT2D eigenvalue weighted by Crippen LogP contribution is -2.50. The van der Waals surface area contributed by atoms with Gasteiger partial charge < -0.3 is 10.2 Å². The van der Waals surface area contributed by atoms with Gasteiger partial charge >= 0.3 is 12.0 Å². The fourth-order valence-corrected chi connectivity index (χ4v) is 3.56. The molecule has 0 spiro atoms. The number of aromatic nitrogens is 2. The molecule has 0 saturated carbocycles. The van der Waals surface area contributed by atoms with Crippen LogP contribution < -0.4 is 15.7 Å². The maximum atomic E-state index is 12.6. The van der Waals surface area contributed by atoms with E-state index in [9.17, 15) is 9.59 Å². The molecule has 1 unspecified atom stereocenters. The van der Waals surface area contributed by atoms with Crippen LogP contribution in [0.1, 0.15) is 23.3 Å². The van der Waals surface area contributed by atoms with Gasteiger partial charge in [-0.15, -0.1) is 11.3 Å². The molecule has 3 rings (SSSR count). The highest BCUT2D eigenvalue weighted by atomic mass is 79.9. The van der Waals surface area contributed by atoms with E-state index >= 15 is 0 Å². The fourth-order valence-electron chi connectivity index (χ4n) is 2.57. The molecule has 0 bridgehead atoms. The average Bonchev–Trinajstić information content (AvgIpc) is 3.08. The van der Waals surface area contributed by atoms with Crippen molar-refractivity contribution in [2.75, 3.05) is 18.0 Å². The molecule has 1 aliphatic rings. The Labute approximate surface area is 156 Å². The first-order valence-electron chi connectivity index (χ1n) is 7.67. The fraction of sp³-hybridized carbons (Fsp3) is 0.333. The number of thiazole rings is 1. The molecule has 25 heavy (non-hydrogen) atoms. The van der Waals surface area contributed by atoms with Crippen LogP contribution in [0.3, 0.4) is 0 Å². The summed E-state index contributed by atoms with van der Waals surface area (Å²) in [5.41, 5.74) is 3.00. The third-order valence-corrected chi connectivity index (χ3v) is 5.08. The van der Waals surface area contributed by atoms with Crippen molar-refractivity contribution in [2.45, 2.75) is 18.9 Å². The molecule has 0 aliphatic carbocycles. The van der Waals surface area contributed by atoms with Crippen LogP contribution in [-0.2, 0) is 4.84 Å². The second-order valence-electron chi connectivity index (χ2n) is 5.36. The molecular formula is C15H16BrN5O3S. The van der Waals surface area contributed by atoms with Gasteiger partial charge in [-0.2, -0.15) is 5.48 Å². The number of carbonyl (C=O) groups is 2. The molecule has 10 heteroatoms. The summed E-state index contributed by atoms with van der Waals surface area (Å²) in [6, 6.07) is 3.40. The Hall–Kier alpha value is -2.04. The SMILES string of the molecule is O=C(NOC(=O)N(c1ccncc1)C1CCCNC1)c1csc(Br)n1. The Kier molecular flexibility index (Phi) is 5.95. The van der Waals surface area contributed by atoms with Gasteiger partial charge in [-0.1, -0.05) is 0 Å². The minimum Gasteiger partial charge on any atom is -0.321 e. The minimum absolute atomic E-state index is 0.0611. The van der Waals surface area contributed by atoms with E-state index in [0.717, 1.165) is 19.4 Å². The predicted octanol–water partition coefficient (Wildman–Crippen LogP) is 2.34. The number of nitrogens with one attached hydrogen (secondary N) is 2. The second kappa shape index (κ2) is 8.37. The van der Waals surface area contributed by atoms with Gasteiger partial charge in [0.1, 0.15) is 5.69 Å². The zero-order chi connectivity index (χ0) is 17.6. The van der Waals surface area contributed by atoms with E-state index in [4.69, 9.17) is 4.84 Å². The number of hydrogen-bond donors (Lipinski definition) is 2. The van der Waals surface area contributed by atoms with Crippen LogP contribution >= 0.6 is 27.3 Å². The Morgan fingerprint density at radius 2 is 2.20 bits per heavy atom. The molecule has 2 N–H and O–H groups in total. The largest absolute Gasteiger partial charge is 0.438 e. The first-order valence-corrected chi connectivity index (χ1v) is 9.34. The predicted molar refractivity (Wildman–Crippen MR) is 96.4 cm³/mol. The molecule has 0 radical (unpaired) electrons. The summed E-state index contributed by atoms with van der Waals surface area (Å²) in [5, 5.41) is 4.84. The third kappa shape index (κ3) is 4.53. The van der Waals surface area contributed by atoms with E-state index in [-0.39, 0.29) is 11.7 Å². The summed E-state index contributed by atoms with van der Waals surface area (Å²) in [6.45, 7) is 1.58. The molecule has 2 aromatic heterocycles. The van der Waals surface area contributed by atoms with Gasteiger partial charge in [-0.05, 0) is 47.4 Å². The molecule has 2 amide bonds. The highest BCUT2D eigenvalue weighted by molar-refractivity contribution is 9.11. The molecule has 1 aliphatic heterocycles. The highest BCUT2D eigenvalue weighted by Crippen LogP contribution is 2.21. The van der Waals surface area contributed by atoms with Crippen molar-refractivity contribution in [3.8, 4) is 0 Å². The average molecular weight is 426 g/mol. The maximum absolute atomic E-state index is 12.6. The van der Waals surface area contributed by atoms with E-state index in [1.54, 1.807) is 29.9 Å². The Balaban J connectivity index is 1.69. The molecule has 1 fully saturated rings. The van der Waals surface area contributed by atoms with Gasteiger partial charge in [0, 0.05) is 24.3 Å². The van der Waals surface area contributed by atoms with Crippen LogP contribution in [-0.4, -0.2) is 41.1 Å². The summed E-state index contributed by atoms with van der Waals surface area (Å²) in [4.78, 5) is 39.1. The van der Waals surface area contributed by atoms with Crippen LogP contribution in [0.25, 0.3) is 0 Å². The number of anilines is 1. The van der Waals surface area contributed by atoms with E-state index in [1.165, 1.54) is 16.2 Å². The highest BCUT2D eigenvalue weighted by Gasteiger charge is 2.29. The molecule has 1 saturated heterocycles. The Morgan fingerprint density at radius 1 is 1.40 bits per heavy atom. The number of nitrogens with zero attached hydrogens (tertiary/aromatic N) is 3. The summed E-state index contributed by atoms with van der Waals surface area (Å²) in [6.07, 6.45) is 4.37. The van der Waals surface area contributed by atoms with E-state index < -0.39 is 12.0 Å². The quantitative estimate of drug-likeness (QED) is 0.732. The molecular weight excluding hydrogens is 410 g/mol. The molecule has 0 aromatic carbocycles. The van der Waals surface area contributed by atoms with Crippen molar-refractivity contribution < 1.29 is 14.4 Å². The van der Waals surface area contributed by atoms with Crippen molar-refractivity contribution in [1.82, 2.24) is 20.8 Å². The smallest absolute Gasteiger partial charge is 0.321 e. The van der Waals surface area contributed by atoms with E-state index in [1.807, 2.05) is 0 Å². The van der Waals surface area contributed by atoms with Crippen molar-refractivity contribution in [2.24, 2.45) is 0 Å². The van der Waals surface area contributed by atoms with Crippen molar-refractivity contribution in [3.05, 3.63) is 39.5 Å². The number of hydrogen-bond acceptors (Lipinski definition) is 7. The normalized spacial score (nSPS) is 16.9. The number of pyridine rings is 1. The van der Waals surface area contributed by atoms with Crippen LogP contribution in [0, 0.1) is 0 Å². The number of hydroxylamine groups is 1. The Bertz CT molecular complexity index is 736. The lowest BCUT2D eigenvalue weighted by Gasteiger charge is -2.33. The zero-order valence-electron chi connectivity index (χ0n) is 13.1. The molecule has 8 nitrogen and oxygen atoms in total. The third-order valence-electron chi connectivity index (χ3n) is 3.71. The molecule has 3 heterocycles. The second-order valence-corrected chi connectivity index (χ2v) is 7.49. The lowest BCUT2D eigenvalue weighted by atomic mass is 10.1. The van der Waals surface area contributed by atoms with Gasteiger partial charge in [-0.25, -0.2) is 9.78 Å². The molecule has 1 atom stereocenters. The first-order chi connectivity index (χ1) is 12.1. The Morgan fingerprint density at radius 3 is 2.84 bits per heavy atom. The van der Waals surface area contributed by atoms with Gasteiger partial charge in [0.15, 0.2) is 3.92 Å². The van der Waals surface area contributed by atoms with Gasteiger partial charge in [-0.3, -0.25) is 14.7 Å². The van der Waals surface area contributed by atoms with Gasteiger partial charge in [0.2, 0.25) is 0 Å². The monoisotopic (exact) mass is 425 g/mol. The summed E-state index contributed by atoms with van der Waals surface area (Å²) >= 11 is 4.46. The van der Waals surface area contributed by atoms with Crippen molar-refractivity contribution in [3.63, 3.8) is 0 Å². The van der Waals surface area contributed by atoms with Crippen molar-refractivity contribution >= 4 is 45.0 Å².